The van der Waals surface area contributed by atoms with Crippen molar-refractivity contribution >= 4 is 88.5 Å². The number of halogens is 2. The van der Waals surface area contributed by atoms with E-state index in [1.807, 2.05) is 158 Å². The van der Waals surface area contributed by atoms with Gasteiger partial charge in [0.1, 0.15) is 4.70 Å². The molecule has 0 saturated carbocycles. The second kappa shape index (κ2) is 23.0. The topological polar surface area (TPSA) is 122 Å². The summed E-state index contributed by atoms with van der Waals surface area (Å²) in [4.78, 5) is 3.02. The largest absolute Gasteiger partial charge is 0.748 e. The Kier molecular flexibility index (Phi) is 16.9. The Balaban J connectivity index is 1.13. The predicted molar refractivity (Wildman–Crippen MR) is 282 cm³/mol. The standard InChI is InChI=1S/C55H54Cl2N2O6S4/c1-2-39(35-54-58(48-37-46(56)23-25-50(48)66-54)29-27-52(68(60,61)62)44(31-40-15-7-3-8-16-40)32-41-17-9-4-10-18-41)36-55-59(49-38-47(57)24-26-51(49)67-55)30-28-53(69(63,64)65)45(33-42-19-11-5-12-20-42)34-43-21-13-6-14-22-43/h3-26,35-38,44-45,52-53H,2,27-34H2,1H3,(H-,60,61,62,63,64,65)/p-1. The van der Waals surface area contributed by atoms with Crippen molar-refractivity contribution in [1.82, 2.24) is 0 Å². The summed E-state index contributed by atoms with van der Waals surface area (Å²) in [6.45, 7) is 2.55. The number of hydrogen-bond acceptors (Lipinski definition) is 9. The lowest BCUT2D eigenvalue weighted by molar-refractivity contribution is -0.669. The number of hydrogen-bond donors (Lipinski definition) is 0. The molecule has 6 aromatic carbocycles. The second-order valence-electron chi connectivity index (χ2n) is 17.5. The molecule has 8 nitrogen and oxygen atoms in total. The van der Waals surface area contributed by atoms with Gasteiger partial charge in [0.15, 0.2) is 6.54 Å². The molecule has 8 rings (SSSR count). The Morgan fingerprint density at radius 2 is 1.10 bits per heavy atom. The van der Waals surface area contributed by atoms with Crippen LogP contribution in [0.1, 0.15) is 53.4 Å². The first-order chi connectivity index (χ1) is 33.2. The molecule has 0 aliphatic carbocycles. The maximum Gasteiger partial charge on any atom is 0.263 e. The van der Waals surface area contributed by atoms with Gasteiger partial charge in [-0.05, 0) is 115 Å². The Morgan fingerprint density at radius 3 is 1.58 bits per heavy atom. The van der Waals surface area contributed by atoms with Gasteiger partial charge in [-0.1, -0.05) is 175 Å². The van der Waals surface area contributed by atoms with Crippen LogP contribution in [0.2, 0.25) is 10.0 Å². The Bertz CT molecular complexity index is 3050. The van der Waals surface area contributed by atoms with Crippen molar-refractivity contribution in [3.63, 3.8) is 0 Å². The number of aromatic nitrogens is 1. The maximum absolute atomic E-state index is 13.4. The smallest absolute Gasteiger partial charge is 0.263 e. The highest BCUT2D eigenvalue weighted by Gasteiger charge is 2.33. The molecule has 0 N–H and O–H groups in total. The van der Waals surface area contributed by atoms with E-state index in [2.05, 4.69) is 28.5 Å². The van der Waals surface area contributed by atoms with Crippen LogP contribution < -0.4 is 9.47 Å². The molecule has 0 radical (unpaired) electrons. The van der Waals surface area contributed by atoms with E-state index in [4.69, 9.17) is 23.2 Å². The van der Waals surface area contributed by atoms with Gasteiger partial charge in [0.05, 0.1) is 41.5 Å². The van der Waals surface area contributed by atoms with Gasteiger partial charge in [0, 0.05) is 40.0 Å². The molecule has 2 heterocycles. The van der Waals surface area contributed by atoms with Crippen LogP contribution >= 0.6 is 46.3 Å². The minimum Gasteiger partial charge on any atom is -0.748 e. The third-order valence-electron chi connectivity index (χ3n) is 12.8. The molecule has 0 saturated heterocycles. The van der Waals surface area contributed by atoms with Gasteiger partial charge in [-0.2, -0.15) is 4.57 Å². The van der Waals surface area contributed by atoms with Crippen LogP contribution in [0.15, 0.2) is 179 Å². The molecule has 1 aliphatic rings. The molecular weight excluding hydrogens is 984 g/mol. The Hall–Kier alpha value is -4.76. The van der Waals surface area contributed by atoms with Crippen LogP contribution in [0.25, 0.3) is 16.3 Å². The third-order valence-corrected chi connectivity index (χ3v) is 18.3. The fraction of sp³-hybridized carbons (Fsp3) is 0.255. The van der Waals surface area contributed by atoms with Crippen molar-refractivity contribution in [1.29, 1.82) is 0 Å². The van der Waals surface area contributed by atoms with Crippen molar-refractivity contribution in [2.45, 2.75) is 73.8 Å². The van der Waals surface area contributed by atoms with Crippen LogP contribution in [0, 0.1) is 11.8 Å². The minimum atomic E-state index is -4.76. The van der Waals surface area contributed by atoms with Crippen LogP contribution in [-0.2, 0) is 52.5 Å². The SMILES string of the molecule is CCC(=Cc1sc2ccc(Cl)cc2[n+]1CCC(C(Cc1ccccc1)Cc1ccccc1)S(=O)(=O)[O-])C=C1Sc2ccc(Cl)cc2N1CCC(C(Cc1ccccc1)Cc1ccccc1)S(=O)(=O)[O-]. The quantitative estimate of drug-likeness (QED) is 0.0515. The summed E-state index contributed by atoms with van der Waals surface area (Å²) in [5.74, 6) is -0.963. The average Bonchev–Trinajstić information content (AvgIpc) is 3.84. The third kappa shape index (κ3) is 13.4. The number of benzene rings is 6. The van der Waals surface area contributed by atoms with Crippen LogP contribution in [0.3, 0.4) is 0 Å². The summed E-state index contributed by atoms with van der Waals surface area (Å²) >= 11 is 16.3. The highest BCUT2D eigenvalue weighted by molar-refractivity contribution is 8.03. The van der Waals surface area contributed by atoms with Crippen LogP contribution in [0.5, 0.6) is 0 Å². The van der Waals surface area contributed by atoms with Gasteiger partial charge in [0.25, 0.3) is 5.01 Å². The van der Waals surface area contributed by atoms with Crippen LogP contribution in [0.4, 0.5) is 5.69 Å². The number of rotatable bonds is 21. The Labute approximate surface area is 424 Å². The number of allylic oxidation sites excluding steroid dienone is 2. The molecule has 358 valence electrons. The van der Waals surface area contributed by atoms with Crippen molar-refractivity contribution in [3.05, 3.63) is 212 Å². The molecule has 7 aromatic rings. The summed E-state index contributed by atoms with van der Waals surface area (Å²) < 4.78 is 83.2. The van der Waals surface area contributed by atoms with Gasteiger partial charge >= 0.3 is 0 Å². The monoisotopic (exact) mass is 1040 g/mol. The fourth-order valence-corrected chi connectivity index (χ4v) is 14.2. The van der Waals surface area contributed by atoms with Crippen molar-refractivity contribution in [2.75, 3.05) is 11.4 Å². The predicted octanol–water partition coefficient (Wildman–Crippen LogP) is 12.6. The summed E-state index contributed by atoms with van der Waals surface area (Å²) in [5, 5.41) is 0.401. The maximum atomic E-state index is 13.4. The number of anilines is 1. The Morgan fingerprint density at radius 1 is 0.638 bits per heavy atom. The summed E-state index contributed by atoms with van der Waals surface area (Å²) in [5.41, 5.74) is 6.46. The number of aryl methyl sites for hydroxylation is 1. The van der Waals surface area contributed by atoms with E-state index in [0.29, 0.717) is 42.1 Å². The number of nitrogens with zero attached hydrogens (tertiary/aromatic N) is 2. The average molecular weight is 1040 g/mol. The van der Waals surface area contributed by atoms with Crippen LogP contribution in [-0.4, -0.2) is 43.0 Å². The van der Waals surface area contributed by atoms with Crippen molar-refractivity contribution in [3.8, 4) is 0 Å². The van der Waals surface area contributed by atoms with E-state index in [9.17, 15) is 25.9 Å². The lowest BCUT2D eigenvalue weighted by atomic mass is 9.88. The van der Waals surface area contributed by atoms with Gasteiger partial charge in [-0.3, -0.25) is 0 Å². The van der Waals surface area contributed by atoms with E-state index >= 15 is 0 Å². The molecule has 2 unspecified atom stereocenters. The first-order valence-electron chi connectivity index (χ1n) is 23.1. The zero-order valence-electron chi connectivity index (χ0n) is 38.1. The van der Waals surface area contributed by atoms with Gasteiger partial charge < -0.3 is 14.0 Å². The summed E-state index contributed by atoms with van der Waals surface area (Å²) in [6.07, 6.45) is 6.66. The van der Waals surface area contributed by atoms with Crippen molar-refractivity contribution in [2.24, 2.45) is 11.8 Å². The molecule has 14 heteroatoms. The van der Waals surface area contributed by atoms with E-state index < -0.39 is 42.6 Å². The first kappa shape index (κ1) is 50.6. The highest BCUT2D eigenvalue weighted by Crippen LogP contribution is 2.48. The highest BCUT2D eigenvalue weighted by atomic mass is 35.5. The fourth-order valence-electron chi connectivity index (χ4n) is 9.47. The lowest BCUT2D eigenvalue weighted by Crippen LogP contribution is -2.41. The zero-order chi connectivity index (χ0) is 48.5. The summed E-state index contributed by atoms with van der Waals surface area (Å²) in [7, 11) is -9.51. The number of thioether (sulfide) groups is 1. The van der Waals surface area contributed by atoms with Crippen molar-refractivity contribution < 1.29 is 30.5 Å². The summed E-state index contributed by atoms with van der Waals surface area (Å²) in [6, 6.07) is 50.1. The van der Waals surface area contributed by atoms with E-state index in [0.717, 1.165) is 58.7 Å². The number of fused-ring (bicyclic) bond motifs is 2. The molecule has 1 aromatic heterocycles. The second-order valence-corrected chi connectivity index (χ2v) is 23.7. The molecule has 0 bridgehead atoms. The van der Waals surface area contributed by atoms with E-state index in [1.54, 1.807) is 23.1 Å². The normalized spacial score (nSPS) is 14.8. The minimum absolute atomic E-state index is 0.0849. The molecule has 0 amide bonds. The van der Waals surface area contributed by atoms with Gasteiger partial charge in [-0.15, -0.1) is 0 Å². The molecule has 0 fully saturated rings. The molecule has 1 aliphatic heterocycles. The first-order valence-corrected chi connectivity index (χ1v) is 28.4. The van der Waals surface area contributed by atoms with E-state index in [1.165, 1.54) is 0 Å². The van der Waals surface area contributed by atoms with Gasteiger partial charge in [-0.25, -0.2) is 16.8 Å². The van der Waals surface area contributed by atoms with Gasteiger partial charge in [0.2, 0.25) is 5.52 Å². The van der Waals surface area contributed by atoms with E-state index in [-0.39, 0.29) is 25.9 Å². The molecule has 69 heavy (non-hydrogen) atoms. The zero-order valence-corrected chi connectivity index (χ0v) is 42.8. The lowest BCUT2D eigenvalue weighted by Gasteiger charge is -2.32. The molecule has 0 spiro atoms. The number of thiazole rings is 1. The molecule has 2 atom stereocenters. The molecular formula is C55H53Cl2N2O6S4-.